The molecule has 0 unspecified atom stereocenters. The normalized spacial score (nSPS) is 12.0. The quantitative estimate of drug-likeness (QED) is 0.486. The Morgan fingerprint density at radius 3 is 2.74 bits per heavy atom. The number of hydrogen-bond acceptors (Lipinski definition) is 1. The lowest BCUT2D eigenvalue weighted by atomic mass is 10.1. The molecule has 0 bridgehead atoms. The standard InChI is InChI=1S/C15H28N4/c1-13(2)8-6-10-17-15(16-3)19(5)12-14-9-7-11-18(14)4/h7,9,11,13H,6,8,10,12H2,1-5H3,(H,16,17). The minimum atomic E-state index is 0.768. The molecule has 108 valence electrons. The largest absolute Gasteiger partial charge is 0.356 e. The van der Waals surface area contributed by atoms with Crippen molar-refractivity contribution in [3.63, 3.8) is 0 Å². The minimum Gasteiger partial charge on any atom is -0.356 e. The van der Waals surface area contributed by atoms with Gasteiger partial charge in [0.15, 0.2) is 5.96 Å². The lowest BCUT2D eigenvalue weighted by Gasteiger charge is -2.22. The molecule has 1 aromatic rings. The number of hydrogen-bond donors (Lipinski definition) is 1. The Morgan fingerprint density at radius 1 is 1.47 bits per heavy atom. The van der Waals surface area contributed by atoms with E-state index < -0.39 is 0 Å². The van der Waals surface area contributed by atoms with E-state index in [9.17, 15) is 0 Å². The molecule has 0 radical (unpaired) electrons. The van der Waals surface area contributed by atoms with Gasteiger partial charge in [-0.3, -0.25) is 4.99 Å². The van der Waals surface area contributed by atoms with Gasteiger partial charge in [-0.2, -0.15) is 0 Å². The second-order valence-corrected chi connectivity index (χ2v) is 5.48. The van der Waals surface area contributed by atoms with Crippen molar-refractivity contribution in [2.45, 2.75) is 33.2 Å². The highest BCUT2D eigenvalue weighted by molar-refractivity contribution is 5.79. The summed E-state index contributed by atoms with van der Waals surface area (Å²) in [5.41, 5.74) is 1.28. The van der Waals surface area contributed by atoms with Gasteiger partial charge >= 0.3 is 0 Å². The fraction of sp³-hybridized carbons (Fsp3) is 0.667. The van der Waals surface area contributed by atoms with Crippen molar-refractivity contribution in [1.29, 1.82) is 0 Å². The van der Waals surface area contributed by atoms with Crippen LogP contribution in [0.2, 0.25) is 0 Å². The summed E-state index contributed by atoms with van der Waals surface area (Å²) in [6, 6.07) is 4.21. The second-order valence-electron chi connectivity index (χ2n) is 5.48. The molecule has 1 heterocycles. The Labute approximate surface area is 117 Å². The number of aromatic nitrogens is 1. The van der Waals surface area contributed by atoms with Crippen molar-refractivity contribution >= 4 is 5.96 Å². The van der Waals surface area contributed by atoms with Crippen LogP contribution >= 0.6 is 0 Å². The molecule has 0 spiro atoms. The number of nitrogens with one attached hydrogen (secondary N) is 1. The van der Waals surface area contributed by atoms with Gasteiger partial charge < -0.3 is 14.8 Å². The number of nitrogens with zero attached hydrogens (tertiary/aromatic N) is 3. The summed E-state index contributed by atoms with van der Waals surface area (Å²) in [5, 5.41) is 3.42. The molecule has 1 N–H and O–H groups in total. The van der Waals surface area contributed by atoms with Crippen molar-refractivity contribution in [3.05, 3.63) is 24.0 Å². The Bertz CT molecular complexity index is 393. The fourth-order valence-corrected chi connectivity index (χ4v) is 2.07. The maximum Gasteiger partial charge on any atom is 0.193 e. The zero-order chi connectivity index (χ0) is 14.3. The monoisotopic (exact) mass is 264 g/mol. The molecule has 1 rings (SSSR count). The summed E-state index contributed by atoms with van der Waals surface area (Å²) in [6.45, 7) is 6.38. The van der Waals surface area contributed by atoms with E-state index in [1.54, 1.807) is 0 Å². The molecular weight excluding hydrogens is 236 g/mol. The van der Waals surface area contributed by atoms with Crippen LogP contribution in [0.5, 0.6) is 0 Å². The van der Waals surface area contributed by atoms with Crippen molar-refractivity contribution in [3.8, 4) is 0 Å². The first-order chi connectivity index (χ1) is 9.04. The summed E-state index contributed by atoms with van der Waals surface area (Å²) in [5.74, 6) is 1.73. The van der Waals surface area contributed by atoms with Gasteiger partial charge in [-0.15, -0.1) is 0 Å². The highest BCUT2D eigenvalue weighted by atomic mass is 15.3. The molecule has 0 saturated heterocycles. The van der Waals surface area contributed by atoms with E-state index in [0.717, 1.165) is 25.0 Å². The van der Waals surface area contributed by atoms with E-state index in [1.807, 2.05) is 7.05 Å². The van der Waals surface area contributed by atoms with Gasteiger partial charge in [-0.05, 0) is 30.9 Å². The predicted octanol–water partition coefficient (Wildman–Crippen LogP) is 2.47. The van der Waals surface area contributed by atoms with Gasteiger partial charge in [0.1, 0.15) is 0 Å². The molecule has 0 aliphatic heterocycles. The topological polar surface area (TPSA) is 32.6 Å². The number of rotatable bonds is 6. The SMILES string of the molecule is CN=C(NCCCC(C)C)N(C)Cc1cccn1C. The highest BCUT2D eigenvalue weighted by Gasteiger charge is 2.07. The van der Waals surface area contributed by atoms with E-state index in [4.69, 9.17) is 0 Å². The maximum absolute atomic E-state index is 4.34. The van der Waals surface area contributed by atoms with E-state index in [0.29, 0.717) is 0 Å². The van der Waals surface area contributed by atoms with Crippen LogP contribution < -0.4 is 5.32 Å². The number of aryl methyl sites for hydroxylation is 1. The average Bonchev–Trinajstić information content (AvgIpc) is 2.74. The molecule has 0 saturated carbocycles. The van der Waals surface area contributed by atoms with Crippen LogP contribution in [0.15, 0.2) is 23.3 Å². The molecule has 19 heavy (non-hydrogen) atoms. The van der Waals surface area contributed by atoms with Gasteiger partial charge in [-0.1, -0.05) is 13.8 Å². The van der Waals surface area contributed by atoms with Gasteiger partial charge in [0.05, 0.1) is 6.54 Å². The van der Waals surface area contributed by atoms with Crippen LogP contribution in [0, 0.1) is 5.92 Å². The first kappa shape index (κ1) is 15.6. The van der Waals surface area contributed by atoms with Crippen LogP contribution in [0.25, 0.3) is 0 Å². The smallest absolute Gasteiger partial charge is 0.193 e. The van der Waals surface area contributed by atoms with E-state index in [2.05, 4.69) is 66.0 Å². The molecular formula is C15H28N4. The minimum absolute atomic E-state index is 0.768. The fourth-order valence-electron chi connectivity index (χ4n) is 2.07. The van der Waals surface area contributed by atoms with Gasteiger partial charge in [-0.25, -0.2) is 0 Å². The maximum atomic E-state index is 4.34. The first-order valence-corrected chi connectivity index (χ1v) is 7.06. The van der Waals surface area contributed by atoms with Crippen LogP contribution in [0.1, 0.15) is 32.4 Å². The average molecular weight is 264 g/mol. The molecule has 0 amide bonds. The predicted molar refractivity (Wildman–Crippen MR) is 82.3 cm³/mol. The van der Waals surface area contributed by atoms with E-state index in [-0.39, 0.29) is 0 Å². The molecule has 4 nitrogen and oxygen atoms in total. The van der Waals surface area contributed by atoms with E-state index in [1.165, 1.54) is 18.5 Å². The van der Waals surface area contributed by atoms with Gasteiger partial charge in [0.25, 0.3) is 0 Å². The molecule has 4 heteroatoms. The summed E-state index contributed by atoms with van der Waals surface area (Å²) in [6.07, 6.45) is 4.52. The van der Waals surface area contributed by atoms with Crippen LogP contribution in [0.4, 0.5) is 0 Å². The third-order valence-corrected chi connectivity index (χ3v) is 3.27. The molecule has 0 aliphatic rings. The molecule has 0 aromatic carbocycles. The number of aliphatic imine (C=N–C) groups is 1. The Morgan fingerprint density at radius 2 is 2.21 bits per heavy atom. The summed E-state index contributed by atoms with van der Waals surface area (Å²) >= 11 is 0. The van der Waals surface area contributed by atoms with Crippen molar-refractivity contribution in [2.24, 2.45) is 18.0 Å². The summed E-state index contributed by atoms with van der Waals surface area (Å²) in [7, 11) is 5.99. The molecule has 1 aromatic heterocycles. The van der Waals surface area contributed by atoms with Crippen LogP contribution in [-0.4, -0.2) is 36.1 Å². The van der Waals surface area contributed by atoms with Crippen LogP contribution in [0.3, 0.4) is 0 Å². The number of guanidine groups is 1. The lowest BCUT2D eigenvalue weighted by Crippen LogP contribution is -2.39. The molecule has 0 atom stereocenters. The van der Waals surface area contributed by atoms with E-state index >= 15 is 0 Å². The zero-order valence-electron chi connectivity index (χ0n) is 13.0. The van der Waals surface area contributed by atoms with Crippen molar-refractivity contribution in [2.75, 3.05) is 20.6 Å². The Hall–Kier alpha value is -1.45. The Balaban J connectivity index is 2.40. The lowest BCUT2D eigenvalue weighted by molar-refractivity contribution is 0.457. The molecule has 0 fully saturated rings. The van der Waals surface area contributed by atoms with Gasteiger partial charge in [0.2, 0.25) is 0 Å². The zero-order valence-corrected chi connectivity index (χ0v) is 13.0. The highest BCUT2D eigenvalue weighted by Crippen LogP contribution is 2.04. The third kappa shape index (κ3) is 5.37. The van der Waals surface area contributed by atoms with Crippen molar-refractivity contribution < 1.29 is 0 Å². The second kappa shape index (κ2) is 7.87. The summed E-state index contributed by atoms with van der Waals surface area (Å²) < 4.78 is 2.14. The Kier molecular flexibility index (Phi) is 6.46. The third-order valence-electron chi connectivity index (χ3n) is 3.27. The van der Waals surface area contributed by atoms with Gasteiger partial charge in [0, 0.05) is 39.6 Å². The van der Waals surface area contributed by atoms with Crippen molar-refractivity contribution in [1.82, 2.24) is 14.8 Å². The van der Waals surface area contributed by atoms with Crippen LogP contribution in [-0.2, 0) is 13.6 Å². The molecule has 0 aliphatic carbocycles. The first-order valence-electron chi connectivity index (χ1n) is 7.06. The summed E-state index contributed by atoms with van der Waals surface area (Å²) in [4.78, 5) is 6.49.